The first-order valence-corrected chi connectivity index (χ1v) is 10.5. The van der Waals surface area contributed by atoms with E-state index in [-0.39, 0.29) is 11.7 Å². The molecule has 4 heterocycles. The van der Waals surface area contributed by atoms with Gasteiger partial charge in [0, 0.05) is 58.2 Å². The van der Waals surface area contributed by atoms with Gasteiger partial charge in [0.2, 0.25) is 5.95 Å². The quantitative estimate of drug-likeness (QED) is 0.513. The van der Waals surface area contributed by atoms with Gasteiger partial charge in [-0.05, 0) is 18.2 Å². The zero-order chi connectivity index (χ0) is 21.4. The number of aryl methyl sites for hydroxylation is 1. The lowest BCUT2D eigenvalue weighted by Gasteiger charge is -2.32. The molecule has 1 aromatic carbocycles. The highest BCUT2D eigenvalue weighted by Crippen LogP contribution is 2.29. The van der Waals surface area contributed by atoms with Crippen molar-refractivity contribution in [2.75, 3.05) is 31.7 Å². The van der Waals surface area contributed by atoms with Crippen LogP contribution in [0.3, 0.4) is 0 Å². The minimum absolute atomic E-state index is 0.122. The predicted molar refractivity (Wildman–Crippen MR) is 119 cm³/mol. The standard InChI is InChI=1S/C22H26N6O3/c1-26-20-17(14-23-26)21(29)25-22(24-20)28-9-6-15(7-10-28)31-19-5-3-4-18-16(19)8-11-27(18)12-13-30-2/h3-5,8,11,14-15H,6-7,9-10,12-13H2,1-2H3,(H,24,25,29). The van der Waals surface area contributed by atoms with Crippen LogP contribution in [0.1, 0.15) is 12.8 Å². The summed E-state index contributed by atoms with van der Waals surface area (Å²) < 4.78 is 15.4. The Labute approximate surface area is 179 Å². The summed E-state index contributed by atoms with van der Waals surface area (Å²) >= 11 is 0. The van der Waals surface area contributed by atoms with Gasteiger partial charge < -0.3 is 18.9 Å². The molecular weight excluding hydrogens is 396 g/mol. The summed E-state index contributed by atoms with van der Waals surface area (Å²) in [6.07, 6.45) is 5.46. The van der Waals surface area contributed by atoms with Gasteiger partial charge >= 0.3 is 0 Å². The molecule has 0 radical (unpaired) electrons. The van der Waals surface area contributed by atoms with Crippen molar-refractivity contribution in [3.63, 3.8) is 0 Å². The first-order chi connectivity index (χ1) is 15.1. The predicted octanol–water partition coefficient (Wildman–Crippen LogP) is 2.31. The topological polar surface area (TPSA) is 90.2 Å². The lowest BCUT2D eigenvalue weighted by Crippen LogP contribution is -2.39. The lowest BCUT2D eigenvalue weighted by atomic mass is 10.1. The fourth-order valence-electron chi connectivity index (χ4n) is 4.22. The summed E-state index contributed by atoms with van der Waals surface area (Å²) in [6, 6.07) is 8.28. The molecule has 0 saturated carbocycles. The summed E-state index contributed by atoms with van der Waals surface area (Å²) in [6.45, 7) is 3.02. The van der Waals surface area contributed by atoms with Gasteiger partial charge in [0.05, 0.1) is 18.3 Å². The van der Waals surface area contributed by atoms with E-state index < -0.39 is 0 Å². The molecule has 1 fully saturated rings. The number of methoxy groups -OCH3 is 1. The number of aromatic nitrogens is 5. The highest BCUT2D eigenvalue weighted by Gasteiger charge is 2.23. The van der Waals surface area contributed by atoms with E-state index in [1.807, 2.05) is 12.1 Å². The molecule has 31 heavy (non-hydrogen) atoms. The summed E-state index contributed by atoms with van der Waals surface area (Å²) in [7, 11) is 3.51. The van der Waals surface area contributed by atoms with E-state index in [2.05, 4.69) is 42.9 Å². The first-order valence-electron chi connectivity index (χ1n) is 10.5. The fraction of sp³-hybridized carbons (Fsp3) is 0.409. The van der Waals surface area contributed by atoms with Crippen LogP contribution in [-0.4, -0.2) is 57.2 Å². The second kappa shape index (κ2) is 8.07. The van der Waals surface area contributed by atoms with Crippen molar-refractivity contribution in [1.29, 1.82) is 0 Å². The number of nitrogens with zero attached hydrogens (tertiary/aromatic N) is 5. The first kappa shape index (κ1) is 19.6. The Morgan fingerprint density at radius 3 is 2.84 bits per heavy atom. The number of fused-ring (bicyclic) bond motifs is 2. The number of benzene rings is 1. The Hall–Kier alpha value is -3.33. The molecule has 0 unspecified atom stereocenters. The third kappa shape index (κ3) is 3.65. The van der Waals surface area contributed by atoms with E-state index in [0.717, 1.165) is 49.1 Å². The molecule has 0 amide bonds. The molecule has 9 heteroatoms. The summed E-state index contributed by atoms with van der Waals surface area (Å²) in [4.78, 5) is 22.0. The van der Waals surface area contributed by atoms with Gasteiger partial charge in [-0.2, -0.15) is 10.1 Å². The van der Waals surface area contributed by atoms with Gasteiger partial charge in [-0.1, -0.05) is 6.07 Å². The Kier molecular flexibility index (Phi) is 5.11. The highest BCUT2D eigenvalue weighted by molar-refractivity contribution is 5.86. The van der Waals surface area contributed by atoms with Crippen LogP contribution in [0.2, 0.25) is 0 Å². The number of rotatable bonds is 6. The zero-order valence-electron chi connectivity index (χ0n) is 17.7. The SMILES string of the molecule is COCCn1ccc2c(OC3CCN(c4nc5c(cnn5C)c(=O)[nH]4)CC3)cccc21. The second-order valence-electron chi connectivity index (χ2n) is 7.89. The molecule has 0 aliphatic carbocycles. The molecule has 5 rings (SSSR count). The van der Waals surface area contributed by atoms with Crippen molar-refractivity contribution < 1.29 is 9.47 Å². The summed E-state index contributed by atoms with van der Waals surface area (Å²) in [5.74, 6) is 1.51. The van der Waals surface area contributed by atoms with Gasteiger partial charge in [-0.15, -0.1) is 0 Å². The maximum atomic E-state index is 12.3. The van der Waals surface area contributed by atoms with Crippen molar-refractivity contribution in [2.24, 2.45) is 7.05 Å². The smallest absolute Gasteiger partial charge is 0.263 e. The van der Waals surface area contributed by atoms with E-state index in [9.17, 15) is 4.79 Å². The number of anilines is 1. The molecular formula is C22H26N6O3. The minimum Gasteiger partial charge on any atom is -0.490 e. The van der Waals surface area contributed by atoms with Crippen LogP contribution >= 0.6 is 0 Å². The molecule has 1 aliphatic rings. The normalized spacial score (nSPS) is 15.2. The molecule has 9 nitrogen and oxygen atoms in total. The van der Waals surface area contributed by atoms with Crippen LogP contribution in [-0.2, 0) is 18.3 Å². The lowest BCUT2D eigenvalue weighted by molar-refractivity contribution is 0.172. The van der Waals surface area contributed by atoms with Crippen LogP contribution in [0.15, 0.2) is 41.5 Å². The third-order valence-electron chi connectivity index (χ3n) is 5.93. The Bertz CT molecular complexity index is 1270. The maximum absolute atomic E-state index is 12.3. The van der Waals surface area contributed by atoms with E-state index in [4.69, 9.17) is 9.47 Å². The van der Waals surface area contributed by atoms with Crippen LogP contribution in [0.4, 0.5) is 5.95 Å². The largest absolute Gasteiger partial charge is 0.490 e. The fourth-order valence-corrected chi connectivity index (χ4v) is 4.22. The number of nitrogens with one attached hydrogen (secondary N) is 1. The van der Waals surface area contributed by atoms with E-state index in [1.54, 1.807) is 25.0 Å². The zero-order valence-corrected chi connectivity index (χ0v) is 17.7. The average molecular weight is 422 g/mol. The van der Waals surface area contributed by atoms with Gasteiger partial charge in [0.15, 0.2) is 5.65 Å². The monoisotopic (exact) mass is 422 g/mol. The number of hydrogen-bond donors (Lipinski definition) is 1. The minimum atomic E-state index is -0.156. The molecule has 0 atom stereocenters. The Morgan fingerprint density at radius 1 is 1.19 bits per heavy atom. The van der Waals surface area contributed by atoms with E-state index in [0.29, 0.717) is 23.6 Å². The number of hydrogen-bond acceptors (Lipinski definition) is 6. The van der Waals surface area contributed by atoms with E-state index >= 15 is 0 Å². The van der Waals surface area contributed by atoms with Crippen molar-refractivity contribution in [1.82, 2.24) is 24.3 Å². The summed E-state index contributed by atoms with van der Waals surface area (Å²) in [5.41, 5.74) is 1.59. The summed E-state index contributed by atoms with van der Waals surface area (Å²) in [5, 5.41) is 5.76. The van der Waals surface area contributed by atoms with Gasteiger partial charge in [0.25, 0.3) is 5.56 Å². The van der Waals surface area contributed by atoms with Crippen molar-refractivity contribution in [3.05, 3.63) is 47.0 Å². The van der Waals surface area contributed by atoms with Gasteiger partial charge in [-0.3, -0.25) is 14.5 Å². The molecule has 1 N–H and O–H groups in total. The van der Waals surface area contributed by atoms with Gasteiger partial charge in [0.1, 0.15) is 17.2 Å². The molecule has 3 aromatic heterocycles. The van der Waals surface area contributed by atoms with Crippen LogP contribution in [0.5, 0.6) is 5.75 Å². The molecule has 1 aliphatic heterocycles. The Balaban J connectivity index is 1.29. The molecule has 0 bridgehead atoms. The van der Waals surface area contributed by atoms with E-state index in [1.165, 1.54) is 0 Å². The van der Waals surface area contributed by atoms with Gasteiger partial charge in [-0.25, -0.2) is 0 Å². The number of H-pyrrole nitrogens is 1. The molecule has 1 saturated heterocycles. The number of aromatic amines is 1. The Morgan fingerprint density at radius 2 is 2.03 bits per heavy atom. The highest BCUT2D eigenvalue weighted by atomic mass is 16.5. The van der Waals surface area contributed by atoms with Crippen molar-refractivity contribution in [3.8, 4) is 5.75 Å². The number of piperidine rings is 1. The van der Waals surface area contributed by atoms with Crippen LogP contribution in [0, 0.1) is 0 Å². The van der Waals surface area contributed by atoms with Crippen molar-refractivity contribution in [2.45, 2.75) is 25.5 Å². The second-order valence-corrected chi connectivity index (χ2v) is 7.89. The molecule has 4 aromatic rings. The molecule has 162 valence electrons. The van der Waals surface area contributed by atoms with Crippen molar-refractivity contribution >= 4 is 27.9 Å². The maximum Gasteiger partial charge on any atom is 0.263 e. The van der Waals surface area contributed by atoms with Crippen LogP contribution < -0.4 is 15.2 Å². The average Bonchev–Trinajstić information content (AvgIpc) is 3.37. The van der Waals surface area contributed by atoms with Crippen LogP contribution in [0.25, 0.3) is 21.9 Å². The molecule has 0 spiro atoms. The number of ether oxygens (including phenoxy) is 2. The third-order valence-corrected chi connectivity index (χ3v) is 5.93.